The maximum atomic E-state index is 12.9. The number of halogens is 3. The molecule has 9 heteroatoms. The van der Waals surface area contributed by atoms with E-state index in [0.29, 0.717) is 35.8 Å². The summed E-state index contributed by atoms with van der Waals surface area (Å²) in [7, 11) is 0. The molecule has 37 heavy (non-hydrogen) atoms. The van der Waals surface area contributed by atoms with E-state index < -0.39 is 11.7 Å². The number of nitrogens with one attached hydrogen (secondary N) is 1. The Bertz CT molecular complexity index is 1270. The van der Waals surface area contributed by atoms with Crippen LogP contribution in [-0.4, -0.2) is 39.8 Å². The zero-order chi connectivity index (χ0) is 26.6. The average Bonchev–Trinajstić information content (AvgIpc) is 2.89. The van der Waals surface area contributed by atoms with Crippen LogP contribution in [0.15, 0.2) is 55.0 Å². The number of carbonyl (C=O) groups excluding carboxylic acids is 2. The Morgan fingerprint density at radius 3 is 2.38 bits per heavy atom. The molecule has 1 fully saturated rings. The van der Waals surface area contributed by atoms with Gasteiger partial charge in [-0.2, -0.15) is 13.2 Å². The molecule has 1 saturated heterocycles. The van der Waals surface area contributed by atoms with Crippen LogP contribution in [0.5, 0.6) is 0 Å². The van der Waals surface area contributed by atoms with Crippen molar-refractivity contribution in [3.63, 3.8) is 0 Å². The Labute approximate surface area is 213 Å². The van der Waals surface area contributed by atoms with Gasteiger partial charge in [0.25, 0.3) is 5.91 Å². The van der Waals surface area contributed by atoms with Gasteiger partial charge in [0.1, 0.15) is 0 Å². The Balaban J connectivity index is 1.26. The predicted molar refractivity (Wildman–Crippen MR) is 134 cm³/mol. The van der Waals surface area contributed by atoms with Crippen LogP contribution in [0, 0.1) is 13.8 Å². The van der Waals surface area contributed by atoms with E-state index in [1.807, 2.05) is 44.2 Å². The number of rotatable bonds is 6. The third kappa shape index (κ3) is 6.72. The number of aromatic nitrogens is 2. The molecule has 3 aromatic rings. The minimum absolute atomic E-state index is 0.0604. The Morgan fingerprint density at radius 1 is 1.03 bits per heavy atom. The molecular weight excluding hydrogens is 481 g/mol. The zero-order valence-corrected chi connectivity index (χ0v) is 20.8. The number of nitrogens with zero attached hydrogens (tertiary/aromatic N) is 3. The first kappa shape index (κ1) is 26.3. The summed E-state index contributed by atoms with van der Waals surface area (Å²) in [4.78, 5) is 34.8. The van der Waals surface area contributed by atoms with Crippen molar-refractivity contribution < 1.29 is 22.8 Å². The van der Waals surface area contributed by atoms with Crippen molar-refractivity contribution in [2.45, 2.75) is 51.6 Å². The number of benzene rings is 1. The maximum absolute atomic E-state index is 12.9. The van der Waals surface area contributed by atoms with Gasteiger partial charge in [-0.05, 0) is 80.0 Å². The summed E-state index contributed by atoms with van der Waals surface area (Å²) in [6.45, 7) is 5.01. The van der Waals surface area contributed by atoms with Crippen molar-refractivity contribution >= 4 is 17.5 Å². The molecule has 0 atom stereocenters. The summed E-state index contributed by atoms with van der Waals surface area (Å²) in [5.41, 5.74) is 3.80. The van der Waals surface area contributed by atoms with Gasteiger partial charge in [0.15, 0.2) is 0 Å². The van der Waals surface area contributed by atoms with Crippen molar-refractivity contribution in [2.75, 3.05) is 18.4 Å². The quantitative estimate of drug-likeness (QED) is 0.461. The second kappa shape index (κ2) is 11.1. The monoisotopic (exact) mass is 510 g/mol. The van der Waals surface area contributed by atoms with E-state index >= 15 is 0 Å². The highest BCUT2D eigenvalue weighted by Crippen LogP contribution is 2.30. The molecule has 0 unspecified atom stereocenters. The summed E-state index contributed by atoms with van der Waals surface area (Å²) >= 11 is 0. The fraction of sp³-hybridized carbons (Fsp3) is 0.357. The van der Waals surface area contributed by atoms with Crippen LogP contribution in [-0.2, 0) is 17.4 Å². The molecule has 3 heterocycles. The molecular formula is C28H29F3N4O2. The minimum atomic E-state index is -4.45. The standard InChI is InChI=1S/C28H29F3N4O2/c1-18-13-23(16-33-19(18)2)27(37)34-25-6-4-21(5-7-25)22-9-11-35(12-10-22)26(36)8-3-20-14-24(17-32-15-20)28(29,30)31/h4-7,13-17,22H,3,8-12H2,1-2H3,(H,34,37). The lowest BCUT2D eigenvalue weighted by molar-refractivity contribution is -0.137. The summed E-state index contributed by atoms with van der Waals surface area (Å²) in [6.07, 6.45) is 1.26. The number of carbonyl (C=O) groups is 2. The molecule has 1 aliphatic rings. The van der Waals surface area contributed by atoms with Crippen molar-refractivity contribution in [3.8, 4) is 0 Å². The number of hydrogen-bond donors (Lipinski definition) is 1. The normalized spacial score (nSPS) is 14.5. The average molecular weight is 511 g/mol. The molecule has 1 N–H and O–H groups in total. The van der Waals surface area contributed by atoms with Gasteiger partial charge in [-0.1, -0.05) is 12.1 Å². The predicted octanol–water partition coefficient (Wildman–Crippen LogP) is 5.70. The second-order valence-electron chi connectivity index (χ2n) is 9.44. The molecule has 6 nitrogen and oxygen atoms in total. The first-order valence-corrected chi connectivity index (χ1v) is 12.2. The van der Waals surface area contributed by atoms with Crippen LogP contribution in [0.3, 0.4) is 0 Å². The van der Waals surface area contributed by atoms with E-state index in [1.165, 1.54) is 6.20 Å². The van der Waals surface area contributed by atoms with Crippen molar-refractivity contribution in [3.05, 3.63) is 88.5 Å². The topological polar surface area (TPSA) is 75.2 Å². The highest BCUT2D eigenvalue weighted by Gasteiger charge is 2.31. The van der Waals surface area contributed by atoms with Gasteiger partial charge in [-0.25, -0.2) is 0 Å². The zero-order valence-electron chi connectivity index (χ0n) is 20.8. The third-order valence-electron chi connectivity index (χ3n) is 6.84. The minimum Gasteiger partial charge on any atom is -0.343 e. The van der Waals surface area contributed by atoms with E-state index in [4.69, 9.17) is 0 Å². The molecule has 0 bridgehead atoms. The molecule has 2 aromatic heterocycles. The first-order valence-electron chi connectivity index (χ1n) is 12.2. The van der Waals surface area contributed by atoms with Crippen molar-refractivity contribution in [1.29, 1.82) is 0 Å². The molecule has 0 saturated carbocycles. The van der Waals surface area contributed by atoms with Gasteiger partial charge in [-0.3, -0.25) is 19.6 Å². The SMILES string of the molecule is Cc1cc(C(=O)Nc2ccc(C3CCN(C(=O)CCc4cncc(C(F)(F)F)c4)CC3)cc2)cnc1C. The van der Waals surface area contributed by atoms with Crippen molar-refractivity contribution in [1.82, 2.24) is 14.9 Å². The van der Waals surface area contributed by atoms with Gasteiger partial charge in [-0.15, -0.1) is 0 Å². The van der Waals surface area contributed by atoms with Crippen LogP contribution in [0.4, 0.5) is 18.9 Å². The van der Waals surface area contributed by atoms with Crippen LogP contribution in [0.25, 0.3) is 0 Å². The van der Waals surface area contributed by atoms with Gasteiger partial charge < -0.3 is 10.2 Å². The van der Waals surface area contributed by atoms with E-state index in [1.54, 1.807) is 11.1 Å². The summed E-state index contributed by atoms with van der Waals surface area (Å²) in [5, 5.41) is 2.90. The number of likely N-dealkylation sites (tertiary alicyclic amines) is 1. The van der Waals surface area contributed by atoms with Gasteiger partial charge in [0, 0.05) is 49.5 Å². The number of pyridine rings is 2. The summed E-state index contributed by atoms with van der Waals surface area (Å²) in [5.74, 6) is 0.0243. The highest BCUT2D eigenvalue weighted by molar-refractivity contribution is 6.04. The molecule has 0 aliphatic carbocycles. The fourth-order valence-electron chi connectivity index (χ4n) is 4.46. The lowest BCUT2D eigenvalue weighted by Crippen LogP contribution is -2.38. The molecule has 1 aliphatic heterocycles. The number of aryl methyl sites for hydroxylation is 3. The largest absolute Gasteiger partial charge is 0.417 e. The Hall–Kier alpha value is -3.75. The van der Waals surface area contributed by atoms with Gasteiger partial charge in [0.2, 0.25) is 5.91 Å². The van der Waals surface area contributed by atoms with Gasteiger partial charge in [0.05, 0.1) is 11.1 Å². The van der Waals surface area contributed by atoms with E-state index in [-0.39, 0.29) is 24.7 Å². The molecule has 2 amide bonds. The molecule has 4 rings (SSSR count). The fourth-order valence-corrected chi connectivity index (χ4v) is 4.46. The lowest BCUT2D eigenvalue weighted by atomic mass is 9.89. The van der Waals surface area contributed by atoms with Gasteiger partial charge >= 0.3 is 6.18 Å². The molecule has 1 aromatic carbocycles. The van der Waals surface area contributed by atoms with Crippen LogP contribution in [0.2, 0.25) is 0 Å². The number of hydrogen-bond acceptors (Lipinski definition) is 4. The third-order valence-corrected chi connectivity index (χ3v) is 6.84. The van der Waals surface area contributed by atoms with E-state index in [9.17, 15) is 22.8 Å². The molecule has 0 spiro atoms. The van der Waals surface area contributed by atoms with E-state index in [2.05, 4.69) is 15.3 Å². The van der Waals surface area contributed by atoms with Crippen LogP contribution < -0.4 is 5.32 Å². The number of anilines is 1. The Kier molecular flexibility index (Phi) is 7.90. The smallest absolute Gasteiger partial charge is 0.343 e. The lowest BCUT2D eigenvalue weighted by Gasteiger charge is -2.32. The number of amides is 2. The Morgan fingerprint density at radius 2 is 1.73 bits per heavy atom. The van der Waals surface area contributed by atoms with Crippen LogP contribution >= 0.6 is 0 Å². The molecule has 194 valence electrons. The number of alkyl halides is 3. The number of piperidine rings is 1. The summed E-state index contributed by atoms with van der Waals surface area (Å²) in [6, 6.07) is 10.6. The van der Waals surface area contributed by atoms with Crippen molar-refractivity contribution in [2.24, 2.45) is 0 Å². The summed E-state index contributed by atoms with van der Waals surface area (Å²) < 4.78 is 38.6. The highest BCUT2D eigenvalue weighted by atomic mass is 19.4. The van der Waals surface area contributed by atoms with E-state index in [0.717, 1.165) is 41.9 Å². The second-order valence-corrected chi connectivity index (χ2v) is 9.44. The van der Waals surface area contributed by atoms with Crippen LogP contribution in [0.1, 0.15) is 63.5 Å². The maximum Gasteiger partial charge on any atom is 0.417 e. The first-order chi connectivity index (χ1) is 17.6. The molecule has 0 radical (unpaired) electrons.